The minimum absolute atomic E-state index is 0.135. The van der Waals surface area contributed by atoms with E-state index in [1.807, 2.05) is 12.1 Å². The number of thiophene rings is 1. The predicted octanol–water partition coefficient (Wildman–Crippen LogP) is 1.56. The highest BCUT2D eigenvalue weighted by Gasteiger charge is 2.19. The first-order chi connectivity index (χ1) is 8.65. The molecule has 2 rings (SSSR count). The van der Waals surface area contributed by atoms with E-state index in [-0.39, 0.29) is 6.42 Å². The van der Waals surface area contributed by atoms with Gasteiger partial charge in [0.15, 0.2) is 0 Å². The van der Waals surface area contributed by atoms with Crippen molar-refractivity contribution in [2.24, 2.45) is 0 Å². The van der Waals surface area contributed by atoms with Crippen molar-refractivity contribution >= 4 is 17.3 Å². The monoisotopic (exact) mass is 268 g/mol. The minimum atomic E-state index is -0.760. The molecular formula is C13H20N2O2S. The molecule has 1 aliphatic heterocycles. The van der Waals surface area contributed by atoms with Gasteiger partial charge in [-0.2, -0.15) is 0 Å². The van der Waals surface area contributed by atoms with Gasteiger partial charge >= 0.3 is 5.97 Å². The highest BCUT2D eigenvalue weighted by Crippen LogP contribution is 2.17. The lowest BCUT2D eigenvalue weighted by molar-refractivity contribution is -0.136. The normalized spacial score (nSPS) is 20.4. The van der Waals surface area contributed by atoms with Crippen LogP contribution in [0.4, 0.5) is 0 Å². The summed E-state index contributed by atoms with van der Waals surface area (Å²) in [5.41, 5.74) is 0. The first kappa shape index (κ1) is 13.5. The first-order valence-corrected chi connectivity index (χ1v) is 7.17. The van der Waals surface area contributed by atoms with Crippen LogP contribution in [0.2, 0.25) is 0 Å². The number of nitrogens with zero attached hydrogens (tertiary/aromatic N) is 1. The van der Waals surface area contributed by atoms with Crippen LogP contribution in [0.25, 0.3) is 0 Å². The molecule has 1 saturated heterocycles. The Hall–Kier alpha value is -0.910. The van der Waals surface area contributed by atoms with Gasteiger partial charge in [-0.1, -0.05) is 0 Å². The molecule has 100 valence electrons. The second kappa shape index (κ2) is 6.31. The van der Waals surface area contributed by atoms with Gasteiger partial charge in [-0.05, 0) is 38.6 Å². The molecule has 2 N–H and O–H groups in total. The Labute approximate surface area is 112 Å². The van der Waals surface area contributed by atoms with E-state index < -0.39 is 5.97 Å². The number of aliphatic carboxylic acids is 1. The summed E-state index contributed by atoms with van der Waals surface area (Å²) in [6.07, 6.45) is 2.71. The van der Waals surface area contributed by atoms with Crippen LogP contribution in [0.15, 0.2) is 12.1 Å². The number of carboxylic acid groups (broad SMARTS) is 1. The number of rotatable bonds is 6. The first-order valence-electron chi connectivity index (χ1n) is 6.35. The third kappa shape index (κ3) is 3.80. The second-order valence-electron chi connectivity index (χ2n) is 4.85. The number of hydrogen-bond acceptors (Lipinski definition) is 4. The van der Waals surface area contributed by atoms with Gasteiger partial charge in [0.1, 0.15) is 0 Å². The Morgan fingerprint density at radius 1 is 1.56 bits per heavy atom. The van der Waals surface area contributed by atoms with Crippen molar-refractivity contribution in [1.82, 2.24) is 10.2 Å². The van der Waals surface area contributed by atoms with Crippen molar-refractivity contribution in [1.29, 1.82) is 0 Å². The van der Waals surface area contributed by atoms with Gasteiger partial charge in [0.25, 0.3) is 0 Å². The van der Waals surface area contributed by atoms with Gasteiger partial charge in [-0.25, -0.2) is 0 Å². The van der Waals surface area contributed by atoms with Crippen LogP contribution in [0.1, 0.15) is 22.6 Å². The molecule has 18 heavy (non-hydrogen) atoms. The van der Waals surface area contributed by atoms with E-state index in [9.17, 15) is 4.79 Å². The molecule has 5 heteroatoms. The van der Waals surface area contributed by atoms with Gasteiger partial charge < -0.3 is 15.3 Å². The molecular weight excluding hydrogens is 248 g/mol. The van der Waals surface area contributed by atoms with Crippen LogP contribution in [-0.4, -0.2) is 42.2 Å². The van der Waals surface area contributed by atoms with Crippen LogP contribution in [0.3, 0.4) is 0 Å². The standard InChI is InChI=1S/C13H20N2O2S/c1-15-6-2-3-10(15)8-14-9-12-5-4-11(18-12)7-13(16)17/h4-5,10,14H,2-3,6-9H2,1H3,(H,16,17). The van der Waals surface area contributed by atoms with Gasteiger partial charge in [0, 0.05) is 28.9 Å². The molecule has 1 fully saturated rings. The Kier molecular flexibility index (Phi) is 4.74. The number of hydrogen-bond donors (Lipinski definition) is 2. The largest absolute Gasteiger partial charge is 0.481 e. The van der Waals surface area contributed by atoms with E-state index in [1.54, 1.807) is 11.3 Å². The van der Waals surface area contributed by atoms with Crippen molar-refractivity contribution in [2.75, 3.05) is 20.1 Å². The van der Waals surface area contributed by atoms with Crippen molar-refractivity contribution in [3.63, 3.8) is 0 Å². The predicted molar refractivity (Wildman–Crippen MR) is 73.0 cm³/mol. The van der Waals surface area contributed by atoms with E-state index in [1.165, 1.54) is 24.3 Å². The van der Waals surface area contributed by atoms with Crippen molar-refractivity contribution < 1.29 is 9.90 Å². The van der Waals surface area contributed by atoms with E-state index >= 15 is 0 Å². The van der Waals surface area contributed by atoms with E-state index in [4.69, 9.17) is 5.11 Å². The molecule has 0 aromatic carbocycles. The lowest BCUT2D eigenvalue weighted by Crippen LogP contribution is -2.35. The topological polar surface area (TPSA) is 52.6 Å². The van der Waals surface area contributed by atoms with Crippen molar-refractivity contribution in [2.45, 2.75) is 31.8 Å². The van der Waals surface area contributed by atoms with Crippen LogP contribution in [0, 0.1) is 0 Å². The summed E-state index contributed by atoms with van der Waals surface area (Å²) in [7, 11) is 2.18. The van der Waals surface area contributed by atoms with E-state index in [0.29, 0.717) is 6.04 Å². The van der Waals surface area contributed by atoms with Gasteiger partial charge in [0.05, 0.1) is 6.42 Å². The minimum Gasteiger partial charge on any atom is -0.481 e. The Balaban J connectivity index is 1.73. The molecule has 0 amide bonds. The molecule has 1 unspecified atom stereocenters. The van der Waals surface area contributed by atoms with Gasteiger partial charge in [-0.15, -0.1) is 11.3 Å². The fourth-order valence-corrected chi connectivity index (χ4v) is 3.34. The molecule has 4 nitrogen and oxygen atoms in total. The van der Waals surface area contributed by atoms with Crippen LogP contribution < -0.4 is 5.32 Å². The summed E-state index contributed by atoms with van der Waals surface area (Å²) >= 11 is 1.59. The molecule has 0 bridgehead atoms. The van der Waals surface area contributed by atoms with Crippen molar-refractivity contribution in [3.8, 4) is 0 Å². The molecule has 2 heterocycles. The fourth-order valence-electron chi connectivity index (χ4n) is 2.36. The third-order valence-corrected chi connectivity index (χ3v) is 4.48. The maximum atomic E-state index is 10.6. The summed E-state index contributed by atoms with van der Waals surface area (Å²) in [4.78, 5) is 15.1. The molecule has 0 radical (unpaired) electrons. The number of carbonyl (C=O) groups is 1. The maximum Gasteiger partial charge on any atom is 0.308 e. The zero-order chi connectivity index (χ0) is 13.0. The summed E-state index contributed by atoms with van der Waals surface area (Å²) in [6, 6.07) is 4.59. The molecule has 0 spiro atoms. The number of nitrogens with one attached hydrogen (secondary N) is 1. The lowest BCUT2D eigenvalue weighted by atomic mass is 10.2. The quantitative estimate of drug-likeness (QED) is 0.822. The van der Waals surface area contributed by atoms with Crippen LogP contribution in [0.5, 0.6) is 0 Å². The Morgan fingerprint density at radius 2 is 2.33 bits per heavy atom. The fraction of sp³-hybridized carbons (Fsp3) is 0.615. The molecule has 0 aliphatic carbocycles. The zero-order valence-corrected chi connectivity index (χ0v) is 11.5. The molecule has 1 atom stereocenters. The highest BCUT2D eigenvalue weighted by atomic mass is 32.1. The lowest BCUT2D eigenvalue weighted by Gasteiger charge is -2.19. The molecule has 1 aliphatic rings. The summed E-state index contributed by atoms with van der Waals surface area (Å²) in [5, 5.41) is 12.2. The number of carboxylic acids is 1. The number of likely N-dealkylation sites (tertiary alicyclic amines) is 1. The van der Waals surface area contributed by atoms with E-state index in [0.717, 1.165) is 18.0 Å². The average Bonchev–Trinajstić information content (AvgIpc) is 2.89. The van der Waals surface area contributed by atoms with Crippen LogP contribution in [-0.2, 0) is 17.8 Å². The smallest absolute Gasteiger partial charge is 0.308 e. The SMILES string of the molecule is CN1CCCC1CNCc1ccc(CC(=O)O)s1. The Morgan fingerprint density at radius 3 is 3.00 bits per heavy atom. The average molecular weight is 268 g/mol. The van der Waals surface area contributed by atoms with Crippen molar-refractivity contribution in [3.05, 3.63) is 21.9 Å². The van der Waals surface area contributed by atoms with Crippen LogP contribution >= 0.6 is 11.3 Å². The zero-order valence-electron chi connectivity index (χ0n) is 10.7. The van der Waals surface area contributed by atoms with E-state index in [2.05, 4.69) is 17.3 Å². The molecule has 1 aromatic rings. The summed E-state index contributed by atoms with van der Waals surface area (Å²) in [6.45, 7) is 3.06. The van der Waals surface area contributed by atoms with Gasteiger partial charge in [-0.3, -0.25) is 4.79 Å². The third-order valence-electron chi connectivity index (χ3n) is 3.39. The van der Waals surface area contributed by atoms with Gasteiger partial charge in [0.2, 0.25) is 0 Å². The summed E-state index contributed by atoms with van der Waals surface area (Å²) < 4.78 is 0. The maximum absolute atomic E-state index is 10.6. The molecule has 0 saturated carbocycles. The highest BCUT2D eigenvalue weighted by molar-refractivity contribution is 7.12. The second-order valence-corrected chi connectivity index (χ2v) is 6.10. The Bertz CT molecular complexity index is 405. The number of likely N-dealkylation sites (N-methyl/N-ethyl adjacent to an activating group) is 1. The molecule has 1 aromatic heterocycles. The summed E-state index contributed by atoms with van der Waals surface area (Å²) in [5.74, 6) is -0.760.